The molecule has 1 fully saturated rings. The van der Waals surface area contributed by atoms with Gasteiger partial charge in [-0.15, -0.1) is 11.3 Å². The summed E-state index contributed by atoms with van der Waals surface area (Å²) in [5.41, 5.74) is 4.07. The van der Waals surface area contributed by atoms with Gasteiger partial charge in [0.05, 0.1) is 6.54 Å². The zero-order valence-electron chi connectivity index (χ0n) is 14.2. The first kappa shape index (κ1) is 15.9. The third kappa shape index (κ3) is 3.01. The molecule has 1 aromatic heterocycles. The Labute approximate surface area is 147 Å². The number of hydrogen-bond acceptors (Lipinski definition) is 3. The Bertz CT molecular complexity index is 739. The summed E-state index contributed by atoms with van der Waals surface area (Å²) in [5, 5.41) is 2.15. The first-order valence-electron chi connectivity index (χ1n) is 8.85. The van der Waals surface area contributed by atoms with E-state index in [-0.39, 0.29) is 5.91 Å². The van der Waals surface area contributed by atoms with E-state index in [0.717, 1.165) is 32.5 Å². The number of hydrogen-bond donors (Lipinski definition) is 0. The molecule has 3 heterocycles. The maximum atomic E-state index is 12.8. The molecule has 2 aliphatic heterocycles. The molecule has 126 valence electrons. The standard InChI is InChI=1S/C20H24N2OS/c1-15-5-2-3-6-17(15)18-7-4-10-21(18)14-20(23)22-11-8-19-16(13-22)9-12-24-19/h2-3,5-6,9,12,18H,4,7-8,10-11,13-14H2,1H3/t18-/m1/s1. The first-order valence-corrected chi connectivity index (χ1v) is 9.73. The zero-order valence-corrected chi connectivity index (χ0v) is 15.0. The lowest BCUT2D eigenvalue weighted by molar-refractivity contribution is -0.133. The fourth-order valence-corrected chi connectivity index (χ4v) is 4.95. The molecule has 1 atom stereocenters. The minimum Gasteiger partial charge on any atom is -0.337 e. The molecule has 2 aromatic rings. The van der Waals surface area contributed by atoms with Crippen LogP contribution in [0, 0.1) is 6.92 Å². The van der Waals surface area contributed by atoms with Gasteiger partial charge in [-0.2, -0.15) is 0 Å². The third-order valence-corrected chi connectivity index (χ3v) is 6.43. The molecule has 0 unspecified atom stereocenters. The van der Waals surface area contributed by atoms with Gasteiger partial charge in [-0.25, -0.2) is 0 Å². The first-order chi connectivity index (χ1) is 11.7. The Morgan fingerprint density at radius 3 is 3.00 bits per heavy atom. The molecule has 24 heavy (non-hydrogen) atoms. The molecule has 4 rings (SSSR count). The normalized spacial score (nSPS) is 21.0. The number of rotatable bonds is 3. The summed E-state index contributed by atoms with van der Waals surface area (Å²) in [5.74, 6) is 0.285. The lowest BCUT2D eigenvalue weighted by atomic mass is 9.99. The van der Waals surface area contributed by atoms with Gasteiger partial charge in [-0.05, 0) is 60.9 Å². The monoisotopic (exact) mass is 340 g/mol. The van der Waals surface area contributed by atoms with Crippen LogP contribution in [0.1, 0.15) is 40.5 Å². The van der Waals surface area contributed by atoms with Gasteiger partial charge < -0.3 is 4.90 Å². The minimum atomic E-state index is 0.285. The van der Waals surface area contributed by atoms with Crippen molar-refractivity contribution in [1.82, 2.24) is 9.80 Å². The maximum Gasteiger partial charge on any atom is 0.237 e. The van der Waals surface area contributed by atoms with Crippen molar-refractivity contribution in [1.29, 1.82) is 0 Å². The van der Waals surface area contributed by atoms with Crippen molar-refractivity contribution in [2.45, 2.75) is 38.8 Å². The molecule has 1 saturated heterocycles. The number of carbonyl (C=O) groups excluding carboxylic acids is 1. The summed E-state index contributed by atoms with van der Waals surface area (Å²) in [4.78, 5) is 18.7. The van der Waals surface area contributed by atoms with E-state index in [2.05, 4.69) is 47.5 Å². The highest BCUT2D eigenvalue weighted by molar-refractivity contribution is 7.10. The lowest BCUT2D eigenvalue weighted by Crippen LogP contribution is -2.42. The van der Waals surface area contributed by atoms with E-state index in [4.69, 9.17) is 0 Å². The van der Waals surface area contributed by atoms with Crippen LogP contribution in [0.25, 0.3) is 0 Å². The van der Waals surface area contributed by atoms with Crippen molar-refractivity contribution >= 4 is 17.2 Å². The van der Waals surface area contributed by atoms with Crippen LogP contribution >= 0.6 is 11.3 Å². The fourth-order valence-electron chi connectivity index (χ4n) is 4.06. The number of likely N-dealkylation sites (tertiary alicyclic amines) is 1. The summed E-state index contributed by atoms with van der Waals surface area (Å²) in [7, 11) is 0. The van der Waals surface area contributed by atoms with Gasteiger partial charge in [0.25, 0.3) is 0 Å². The molecule has 0 bridgehead atoms. The summed E-state index contributed by atoms with van der Waals surface area (Å²) < 4.78 is 0. The van der Waals surface area contributed by atoms with Gasteiger partial charge >= 0.3 is 0 Å². The smallest absolute Gasteiger partial charge is 0.237 e. The molecule has 0 N–H and O–H groups in total. The minimum absolute atomic E-state index is 0.285. The predicted molar refractivity (Wildman–Crippen MR) is 98.2 cm³/mol. The van der Waals surface area contributed by atoms with Crippen LogP contribution in [0.3, 0.4) is 0 Å². The largest absolute Gasteiger partial charge is 0.337 e. The second-order valence-corrected chi connectivity index (χ2v) is 7.92. The van der Waals surface area contributed by atoms with Crippen LogP contribution in [0.2, 0.25) is 0 Å². The van der Waals surface area contributed by atoms with Crippen LogP contribution in [-0.2, 0) is 17.8 Å². The number of aryl methyl sites for hydroxylation is 1. The number of thiophene rings is 1. The van der Waals surface area contributed by atoms with Gasteiger partial charge in [0, 0.05) is 24.0 Å². The van der Waals surface area contributed by atoms with E-state index < -0.39 is 0 Å². The summed E-state index contributed by atoms with van der Waals surface area (Å²) >= 11 is 1.82. The van der Waals surface area contributed by atoms with Crippen LogP contribution < -0.4 is 0 Å². The molecular weight excluding hydrogens is 316 g/mol. The van der Waals surface area contributed by atoms with Gasteiger partial charge in [0.15, 0.2) is 0 Å². The average molecular weight is 340 g/mol. The van der Waals surface area contributed by atoms with E-state index in [9.17, 15) is 4.79 Å². The summed E-state index contributed by atoms with van der Waals surface area (Å²) in [6, 6.07) is 11.2. The zero-order chi connectivity index (χ0) is 16.5. The van der Waals surface area contributed by atoms with Crippen LogP contribution in [-0.4, -0.2) is 35.3 Å². The number of amides is 1. The molecule has 0 radical (unpaired) electrons. The Balaban J connectivity index is 1.45. The van der Waals surface area contributed by atoms with E-state index >= 15 is 0 Å². The van der Waals surface area contributed by atoms with Gasteiger partial charge in [-0.3, -0.25) is 9.69 Å². The van der Waals surface area contributed by atoms with E-state index in [1.54, 1.807) is 0 Å². The van der Waals surface area contributed by atoms with Crippen molar-refractivity contribution in [2.75, 3.05) is 19.6 Å². The Morgan fingerprint density at radius 1 is 1.25 bits per heavy atom. The van der Waals surface area contributed by atoms with Gasteiger partial charge in [-0.1, -0.05) is 24.3 Å². The fraction of sp³-hybridized carbons (Fsp3) is 0.450. The molecular formula is C20H24N2OS. The van der Waals surface area contributed by atoms with Crippen molar-refractivity contribution in [3.05, 3.63) is 57.3 Å². The molecule has 3 nitrogen and oxygen atoms in total. The number of carbonyl (C=O) groups is 1. The van der Waals surface area contributed by atoms with Gasteiger partial charge in [0.1, 0.15) is 0 Å². The van der Waals surface area contributed by atoms with Crippen LogP contribution in [0.15, 0.2) is 35.7 Å². The highest BCUT2D eigenvalue weighted by Crippen LogP contribution is 2.33. The summed E-state index contributed by atoms with van der Waals surface area (Å²) in [6.07, 6.45) is 3.35. The Hall–Kier alpha value is -1.65. The number of benzene rings is 1. The van der Waals surface area contributed by atoms with Crippen molar-refractivity contribution in [3.63, 3.8) is 0 Å². The van der Waals surface area contributed by atoms with Crippen LogP contribution in [0.4, 0.5) is 0 Å². The van der Waals surface area contributed by atoms with Crippen molar-refractivity contribution < 1.29 is 4.79 Å². The quantitative estimate of drug-likeness (QED) is 0.849. The highest BCUT2D eigenvalue weighted by atomic mass is 32.1. The van der Waals surface area contributed by atoms with Crippen molar-refractivity contribution in [3.8, 4) is 0 Å². The molecule has 4 heteroatoms. The number of fused-ring (bicyclic) bond motifs is 1. The van der Waals surface area contributed by atoms with E-state index in [1.165, 1.54) is 28.0 Å². The molecule has 0 spiro atoms. The highest BCUT2D eigenvalue weighted by Gasteiger charge is 2.30. The molecule has 2 aliphatic rings. The lowest BCUT2D eigenvalue weighted by Gasteiger charge is -2.31. The van der Waals surface area contributed by atoms with Gasteiger partial charge in [0.2, 0.25) is 5.91 Å². The van der Waals surface area contributed by atoms with E-state index in [0.29, 0.717) is 12.6 Å². The molecule has 1 amide bonds. The topological polar surface area (TPSA) is 23.6 Å². The predicted octanol–water partition coefficient (Wildman–Crippen LogP) is 3.78. The molecule has 0 aliphatic carbocycles. The van der Waals surface area contributed by atoms with Crippen LogP contribution in [0.5, 0.6) is 0 Å². The summed E-state index contributed by atoms with van der Waals surface area (Å²) in [6.45, 7) is 5.42. The van der Waals surface area contributed by atoms with Crippen molar-refractivity contribution in [2.24, 2.45) is 0 Å². The second-order valence-electron chi connectivity index (χ2n) is 6.92. The molecule has 0 saturated carbocycles. The SMILES string of the molecule is Cc1ccccc1[C@H]1CCCN1CC(=O)N1CCc2sccc2C1. The molecule has 1 aromatic carbocycles. The van der Waals surface area contributed by atoms with E-state index in [1.807, 2.05) is 16.2 Å². The second kappa shape index (κ2) is 6.69. The average Bonchev–Trinajstić information content (AvgIpc) is 3.23. The Morgan fingerprint density at radius 2 is 2.12 bits per heavy atom. The Kier molecular flexibility index (Phi) is 4.42. The third-order valence-electron chi connectivity index (χ3n) is 5.41. The maximum absolute atomic E-state index is 12.8. The number of nitrogens with zero attached hydrogens (tertiary/aromatic N) is 2.